The monoisotopic (exact) mass is 716 g/mol. The second-order valence-electron chi connectivity index (χ2n) is 13.9. The van der Waals surface area contributed by atoms with E-state index < -0.39 is 28.7 Å². The van der Waals surface area contributed by atoms with Crippen molar-refractivity contribution in [1.82, 2.24) is 0 Å². The van der Waals surface area contributed by atoms with Crippen LogP contribution >= 0.6 is 0 Å². The maximum Gasteiger partial charge on any atom is 0.208 e. The van der Waals surface area contributed by atoms with E-state index >= 15 is 0 Å². The van der Waals surface area contributed by atoms with Crippen molar-refractivity contribution in [1.29, 1.82) is 0 Å². The summed E-state index contributed by atoms with van der Waals surface area (Å²) in [5.74, 6) is -4.25. The fraction of sp³-hybridized carbons (Fsp3) is 0.0204. The maximum atomic E-state index is 10.7. The van der Waals surface area contributed by atoms with Crippen LogP contribution in [-0.2, 0) is 0 Å². The molecule has 9 aromatic rings. The van der Waals surface area contributed by atoms with Gasteiger partial charge in [0.15, 0.2) is 11.5 Å². The molecule has 1 aromatic heterocycles. The number of fused-ring (bicyclic) bond motifs is 6. The van der Waals surface area contributed by atoms with Crippen molar-refractivity contribution in [3.8, 4) is 62.1 Å². The zero-order chi connectivity index (χ0) is 37.4. The number of aromatic hydroxyl groups is 5. The first-order valence-corrected chi connectivity index (χ1v) is 18.0. The number of hydrogen-bond acceptors (Lipinski definition) is 6. The normalized spacial score (nSPS) is 12.7. The van der Waals surface area contributed by atoms with Crippen molar-refractivity contribution in [2.24, 2.45) is 0 Å². The summed E-state index contributed by atoms with van der Waals surface area (Å²) in [5, 5.41) is 58.4. The Morgan fingerprint density at radius 2 is 0.982 bits per heavy atom. The molecule has 10 rings (SSSR count). The predicted octanol–water partition coefficient (Wildman–Crippen LogP) is 12.4. The van der Waals surface area contributed by atoms with Gasteiger partial charge in [0, 0.05) is 10.8 Å². The van der Waals surface area contributed by atoms with Crippen LogP contribution in [0.1, 0.15) is 23.1 Å². The SMILES string of the molecule is Oc1c(O)c(O)c(C2=Cc3cc4oc5cccc(-c6c7ccccc7c(-c7ccc(-c8ccccc8)cc7)c7ccccc67)c5c4cc3C=CC2)c(O)c1O. The summed E-state index contributed by atoms with van der Waals surface area (Å²) in [4.78, 5) is 0. The molecular formula is C49H32O6. The van der Waals surface area contributed by atoms with E-state index in [9.17, 15) is 25.5 Å². The lowest BCUT2D eigenvalue weighted by Gasteiger charge is -2.18. The van der Waals surface area contributed by atoms with Crippen LogP contribution in [0.2, 0.25) is 0 Å². The molecule has 6 heteroatoms. The Kier molecular flexibility index (Phi) is 7.22. The molecule has 0 fully saturated rings. The van der Waals surface area contributed by atoms with Gasteiger partial charge in [-0.25, -0.2) is 0 Å². The lowest BCUT2D eigenvalue weighted by molar-refractivity contribution is 0.327. The highest BCUT2D eigenvalue weighted by Crippen LogP contribution is 2.54. The maximum absolute atomic E-state index is 10.7. The van der Waals surface area contributed by atoms with Crippen LogP contribution in [0.4, 0.5) is 0 Å². The third-order valence-electron chi connectivity index (χ3n) is 10.8. The number of phenolic OH excluding ortho intramolecular Hbond substituents is 5. The highest BCUT2D eigenvalue weighted by atomic mass is 16.4. The minimum absolute atomic E-state index is 0.161. The molecule has 0 radical (unpaired) electrons. The standard InChI is InChI=1S/C49H32O6/c50-45-42(46(51)48(53)49(54)47(45)52)31-13-8-12-30-25-38-40(26-32(30)24-31)55-39-19-9-18-37(44(38)39)43-35-16-6-4-14-33(35)41(34-15-5-7-17-36(34)43)29-22-20-28(21-23-29)27-10-2-1-3-11-27/h1-12,14-26,50-54H,13H2. The largest absolute Gasteiger partial charge is 0.504 e. The second kappa shape index (κ2) is 12.3. The molecule has 0 aliphatic heterocycles. The first-order valence-electron chi connectivity index (χ1n) is 18.0. The zero-order valence-electron chi connectivity index (χ0n) is 29.3. The van der Waals surface area contributed by atoms with Crippen molar-refractivity contribution >= 4 is 61.2 Å². The minimum Gasteiger partial charge on any atom is -0.504 e. The highest BCUT2D eigenvalue weighted by molar-refractivity contribution is 6.25. The van der Waals surface area contributed by atoms with Gasteiger partial charge in [-0.2, -0.15) is 0 Å². The quantitative estimate of drug-likeness (QED) is 0.0704. The van der Waals surface area contributed by atoms with Gasteiger partial charge in [0.2, 0.25) is 17.2 Å². The number of benzene rings is 8. The molecule has 6 nitrogen and oxygen atoms in total. The van der Waals surface area contributed by atoms with Crippen molar-refractivity contribution in [3.05, 3.63) is 156 Å². The van der Waals surface area contributed by atoms with Gasteiger partial charge >= 0.3 is 0 Å². The van der Waals surface area contributed by atoms with Crippen LogP contribution in [0.15, 0.2) is 144 Å². The molecule has 0 spiro atoms. The van der Waals surface area contributed by atoms with Gasteiger partial charge in [-0.3, -0.25) is 0 Å². The van der Waals surface area contributed by atoms with Crippen LogP contribution in [0.5, 0.6) is 28.7 Å². The van der Waals surface area contributed by atoms with Crippen LogP contribution in [0.3, 0.4) is 0 Å². The number of phenols is 5. The van der Waals surface area contributed by atoms with Gasteiger partial charge in [-0.15, -0.1) is 0 Å². The first-order chi connectivity index (χ1) is 26.9. The Labute approximate surface area is 315 Å². The van der Waals surface area contributed by atoms with Gasteiger partial charge in [-0.1, -0.05) is 127 Å². The molecule has 1 heterocycles. The fourth-order valence-electron chi connectivity index (χ4n) is 8.30. The van der Waals surface area contributed by atoms with E-state index in [2.05, 4.69) is 109 Å². The Hall–Kier alpha value is -7.44. The summed E-state index contributed by atoms with van der Waals surface area (Å²) in [7, 11) is 0. The molecular weight excluding hydrogens is 685 g/mol. The van der Waals surface area contributed by atoms with E-state index in [0.29, 0.717) is 11.2 Å². The smallest absolute Gasteiger partial charge is 0.208 e. The lowest BCUT2D eigenvalue weighted by Crippen LogP contribution is -1.91. The number of allylic oxidation sites excluding steroid dienone is 2. The van der Waals surface area contributed by atoms with E-state index in [0.717, 1.165) is 65.7 Å². The van der Waals surface area contributed by atoms with E-state index in [1.54, 1.807) is 6.08 Å². The summed E-state index contributed by atoms with van der Waals surface area (Å²) in [6.07, 6.45) is 5.90. The Morgan fingerprint density at radius 1 is 0.418 bits per heavy atom. The Morgan fingerprint density at radius 3 is 1.64 bits per heavy atom. The minimum atomic E-state index is -0.989. The molecule has 5 N–H and O–H groups in total. The van der Waals surface area contributed by atoms with E-state index in [1.165, 1.54) is 16.7 Å². The average Bonchev–Trinajstić information content (AvgIpc) is 3.46. The molecule has 0 saturated carbocycles. The summed E-state index contributed by atoms with van der Waals surface area (Å²) >= 11 is 0. The summed E-state index contributed by atoms with van der Waals surface area (Å²) in [5.41, 5.74) is 10.1. The predicted molar refractivity (Wildman–Crippen MR) is 221 cm³/mol. The van der Waals surface area contributed by atoms with Crippen molar-refractivity contribution < 1.29 is 29.9 Å². The lowest BCUT2D eigenvalue weighted by atomic mass is 9.84. The molecule has 0 unspecified atom stereocenters. The van der Waals surface area contributed by atoms with Crippen LogP contribution in [0.25, 0.3) is 94.6 Å². The van der Waals surface area contributed by atoms with Gasteiger partial charge in [0.05, 0.1) is 5.56 Å². The average molecular weight is 717 g/mol. The van der Waals surface area contributed by atoms with Crippen LogP contribution < -0.4 is 0 Å². The van der Waals surface area contributed by atoms with Gasteiger partial charge in [0.1, 0.15) is 11.2 Å². The number of furan rings is 1. The fourth-order valence-corrected chi connectivity index (χ4v) is 8.30. The topological polar surface area (TPSA) is 114 Å². The van der Waals surface area contributed by atoms with Crippen molar-refractivity contribution in [2.45, 2.75) is 6.42 Å². The third kappa shape index (κ3) is 4.96. The van der Waals surface area contributed by atoms with Crippen LogP contribution in [-0.4, -0.2) is 25.5 Å². The van der Waals surface area contributed by atoms with Gasteiger partial charge in [0.25, 0.3) is 0 Å². The molecule has 8 aromatic carbocycles. The molecule has 0 saturated heterocycles. The van der Waals surface area contributed by atoms with Crippen molar-refractivity contribution in [2.75, 3.05) is 0 Å². The van der Waals surface area contributed by atoms with Gasteiger partial charge in [-0.05, 0) is 102 Å². The van der Waals surface area contributed by atoms with E-state index in [-0.39, 0.29) is 12.0 Å². The second-order valence-corrected chi connectivity index (χ2v) is 13.9. The molecule has 1 aliphatic rings. The van der Waals surface area contributed by atoms with Gasteiger partial charge < -0.3 is 29.9 Å². The number of rotatable bonds is 4. The van der Waals surface area contributed by atoms with E-state index in [1.807, 2.05) is 36.4 Å². The Bertz CT molecular complexity index is 3010. The first kappa shape index (κ1) is 32.2. The summed E-state index contributed by atoms with van der Waals surface area (Å²) < 4.78 is 6.56. The van der Waals surface area contributed by atoms with Crippen molar-refractivity contribution in [3.63, 3.8) is 0 Å². The molecule has 0 bridgehead atoms. The molecule has 264 valence electrons. The summed E-state index contributed by atoms with van der Waals surface area (Å²) in [6, 6.07) is 46.6. The highest BCUT2D eigenvalue weighted by Gasteiger charge is 2.26. The molecule has 0 atom stereocenters. The Balaban J connectivity index is 1.18. The van der Waals surface area contributed by atoms with Crippen LogP contribution in [0, 0.1) is 0 Å². The van der Waals surface area contributed by atoms with E-state index in [4.69, 9.17) is 4.42 Å². The molecule has 1 aliphatic carbocycles. The number of hydrogen-bond donors (Lipinski definition) is 5. The molecule has 0 amide bonds. The third-order valence-corrected chi connectivity index (χ3v) is 10.8. The summed E-state index contributed by atoms with van der Waals surface area (Å²) in [6.45, 7) is 0. The molecule has 55 heavy (non-hydrogen) atoms. The zero-order valence-corrected chi connectivity index (χ0v) is 29.3.